The number of hydrogen-bond donors (Lipinski definition) is 1. The van der Waals surface area contributed by atoms with E-state index in [2.05, 4.69) is 42.7 Å². The van der Waals surface area contributed by atoms with Gasteiger partial charge in [0.2, 0.25) is 0 Å². The van der Waals surface area contributed by atoms with Crippen molar-refractivity contribution in [2.45, 2.75) is 52.5 Å². The second kappa shape index (κ2) is 10.1. The summed E-state index contributed by atoms with van der Waals surface area (Å²) in [5, 5.41) is 3.65. The second-order valence-electron chi connectivity index (χ2n) is 5.28. The van der Waals surface area contributed by atoms with E-state index in [1.54, 1.807) is 0 Å². The first-order valence-electron chi connectivity index (χ1n) is 7.85. The molecule has 2 nitrogen and oxygen atoms in total. The Morgan fingerprint density at radius 1 is 1.11 bits per heavy atom. The summed E-state index contributed by atoms with van der Waals surface area (Å²) in [5.41, 5.74) is 0. The minimum absolute atomic E-state index is 0.818. The number of nitrogens with zero attached hydrogens (tertiary/aromatic N) is 1. The molecule has 1 rings (SSSR count). The van der Waals surface area contributed by atoms with Crippen molar-refractivity contribution in [1.82, 2.24) is 10.2 Å². The molecule has 1 N–H and O–H groups in total. The molecule has 0 aromatic heterocycles. The summed E-state index contributed by atoms with van der Waals surface area (Å²) in [4.78, 5) is 2.52. The lowest BCUT2D eigenvalue weighted by atomic mass is 10.0. The maximum Gasteiger partial charge on any atom is 0.00955 e. The van der Waals surface area contributed by atoms with Crippen molar-refractivity contribution < 1.29 is 0 Å². The fourth-order valence-corrected chi connectivity index (χ4v) is 4.04. The van der Waals surface area contributed by atoms with E-state index in [1.807, 2.05) is 0 Å². The Morgan fingerprint density at radius 3 is 2.56 bits per heavy atom. The van der Waals surface area contributed by atoms with Gasteiger partial charge in [-0.2, -0.15) is 11.8 Å². The third kappa shape index (κ3) is 5.94. The largest absolute Gasteiger partial charge is 0.314 e. The van der Waals surface area contributed by atoms with Crippen LogP contribution in [0.5, 0.6) is 0 Å². The topological polar surface area (TPSA) is 15.3 Å². The van der Waals surface area contributed by atoms with Crippen LogP contribution in [-0.2, 0) is 0 Å². The van der Waals surface area contributed by atoms with Gasteiger partial charge in [-0.1, -0.05) is 27.2 Å². The zero-order valence-electron chi connectivity index (χ0n) is 12.6. The van der Waals surface area contributed by atoms with E-state index in [4.69, 9.17) is 0 Å². The lowest BCUT2D eigenvalue weighted by molar-refractivity contribution is 0.324. The van der Waals surface area contributed by atoms with E-state index in [-0.39, 0.29) is 0 Å². The molecule has 0 aromatic rings. The van der Waals surface area contributed by atoms with Crippen LogP contribution in [0.4, 0.5) is 0 Å². The van der Waals surface area contributed by atoms with Gasteiger partial charge in [0, 0.05) is 18.3 Å². The predicted octanol–water partition coefficient (Wildman–Crippen LogP) is 3.23. The number of hydrogen-bond acceptors (Lipinski definition) is 3. The molecule has 1 aliphatic carbocycles. The SMILES string of the molecule is CCNC1CCCC1CCSCCN(CC)CC. The maximum absolute atomic E-state index is 3.65. The lowest BCUT2D eigenvalue weighted by Crippen LogP contribution is -2.32. The van der Waals surface area contributed by atoms with Crippen LogP contribution in [0, 0.1) is 5.92 Å². The first kappa shape index (κ1) is 16.3. The van der Waals surface area contributed by atoms with Crippen LogP contribution in [0.25, 0.3) is 0 Å². The summed E-state index contributed by atoms with van der Waals surface area (Å²) in [6.07, 6.45) is 5.71. The van der Waals surface area contributed by atoms with Gasteiger partial charge in [-0.25, -0.2) is 0 Å². The quantitative estimate of drug-likeness (QED) is 0.615. The molecule has 18 heavy (non-hydrogen) atoms. The summed E-state index contributed by atoms with van der Waals surface area (Å²) in [7, 11) is 0. The van der Waals surface area contributed by atoms with Crippen LogP contribution in [0.15, 0.2) is 0 Å². The van der Waals surface area contributed by atoms with Crippen molar-refractivity contribution >= 4 is 11.8 Å². The Morgan fingerprint density at radius 2 is 1.89 bits per heavy atom. The van der Waals surface area contributed by atoms with Gasteiger partial charge in [0.25, 0.3) is 0 Å². The van der Waals surface area contributed by atoms with Crippen molar-refractivity contribution in [3.05, 3.63) is 0 Å². The number of thioether (sulfide) groups is 1. The van der Waals surface area contributed by atoms with Gasteiger partial charge >= 0.3 is 0 Å². The van der Waals surface area contributed by atoms with Crippen molar-refractivity contribution in [2.24, 2.45) is 5.92 Å². The smallest absolute Gasteiger partial charge is 0.00955 e. The molecule has 108 valence electrons. The van der Waals surface area contributed by atoms with Gasteiger partial charge in [-0.05, 0) is 50.6 Å². The highest BCUT2D eigenvalue weighted by molar-refractivity contribution is 7.99. The molecule has 0 spiro atoms. The van der Waals surface area contributed by atoms with Crippen molar-refractivity contribution in [2.75, 3.05) is 37.7 Å². The molecule has 2 atom stereocenters. The Bertz CT molecular complexity index is 195. The average Bonchev–Trinajstić information content (AvgIpc) is 2.82. The maximum atomic E-state index is 3.65. The fourth-order valence-electron chi connectivity index (χ4n) is 2.98. The van der Waals surface area contributed by atoms with E-state index in [1.165, 1.54) is 56.8 Å². The molecule has 0 saturated heterocycles. The van der Waals surface area contributed by atoms with Crippen molar-refractivity contribution in [3.63, 3.8) is 0 Å². The summed E-state index contributed by atoms with van der Waals surface area (Å²) in [6, 6.07) is 0.818. The molecule has 0 heterocycles. The third-order valence-electron chi connectivity index (χ3n) is 4.20. The Labute approximate surface area is 118 Å². The van der Waals surface area contributed by atoms with Crippen LogP contribution in [0.3, 0.4) is 0 Å². The normalized spacial score (nSPS) is 24.0. The van der Waals surface area contributed by atoms with E-state index < -0.39 is 0 Å². The zero-order chi connectivity index (χ0) is 13.2. The lowest BCUT2D eigenvalue weighted by Gasteiger charge is -2.21. The van der Waals surface area contributed by atoms with E-state index in [0.717, 1.165) is 18.5 Å². The molecule has 0 radical (unpaired) electrons. The Balaban J connectivity index is 2.03. The summed E-state index contributed by atoms with van der Waals surface area (Å²) in [5.74, 6) is 3.61. The molecular formula is C15H32N2S. The highest BCUT2D eigenvalue weighted by Crippen LogP contribution is 2.29. The molecule has 1 fully saturated rings. The van der Waals surface area contributed by atoms with Crippen LogP contribution < -0.4 is 5.32 Å². The van der Waals surface area contributed by atoms with Crippen molar-refractivity contribution in [1.29, 1.82) is 0 Å². The van der Waals surface area contributed by atoms with Gasteiger partial charge in [0.05, 0.1) is 0 Å². The molecule has 3 heteroatoms. The molecule has 0 aliphatic heterocycles. The number of nitrogens with one attached hydrogen (secondary N) is 1. The average molecular weight is 273 g/mol. The van der Waals surface area contributed by atoms with Crippen LogP contribution in [-0.4, -0.2) is 48.6 Å². The molecule has 2 unspecified atom stereocenters. The zero-order valence-corrected chi connectivity index (χ0v) is 13.4. The molecule has 0 bridgehead atoms. The third-order valence-corrected chi connectivity index (χ3v) is 5.20. The van der Waals surface area contributed by atoms with Crippen LogP contribution in [0.1, 0.15) is 46.5 Å². The van der Waals surface area contributed by atoms with Gasteiger partial charge in [0.1, 0.15) is 0 Å². The van der Waals surface area contributed by atoms with E-state index in [9.17, 15) is 0 Å². The molecular weight excluding hydrogens is 240 g/mol. The van der Waals surface area contributed by atoms with Crippen LogP contribution in [0.2, 0.25) is 0 Å². The first-order valence-corrected chi connectivity index (χ1v) is 9.00. The number of rotatable bonds is 10. The van der Waals surface area contributed by atoms with Gasteiger partial charge in [-0.3, -0.25) is 0 Å². The molecule has 0 aromatic carbocycles. The first-order chi connectivity index (χ1) is 8.81. The minimum atomic E-state index is 0.818. The van der Waals surface area contributed by atoms with Gasteiger partial charge < -0.3 is 10.2 Å². The minimum Gasteiger partial charge on any atom is -0.314 e. The Hall–Kier alpha value is 0.270. The fraction of sp³-hybridized carbons (Fsp3) is 1.00. The summed E-state index contributed by atoms with van der Waals surface area (Å²) < 4.78 is 0. The molecule has 1 aliphatic rings. The highest BCUT2D eigenvalue weighted by atomic mass is 32.2. The van der Waals surface area contributed by atoms with E-state index in [0.29, 0.717) is 0 Å². The highest BCUT2D eigenvalue weighted by Gasteiger charge is 2.25. The van der Waals surface area contributed by atoms with E-state index >= 15 is 0 Å². The Kier molecular flexibility index (Phi) is 9.16. The van der Waals surface area contributed by atoms with Gasteiger partial charge in [-0.15, -0.1) is 0 Å². The molecule has 0 amide bonds. The standard InChI is InChI=1S/C15H32N2S/c1-4-16-15-9-7-8-14(15)10-12-18-13-11-17(5-2)6-3/h14-16H,4-13H2,1-3H3. The monoisotopic (exact) mass is 272 g/mol. The summed E-state index contributed by atoms with van der Waals surface area (Å²) >= 11 is 2.15. The van der Waals surface area contributed by atoms with Crippen molar-refractivity contribution in [3.8, 4) is 0 Å². The summed E-state index contributed by atoms with van der Waals surface area (Å²) in [6.45, 7) is 11.5. The van der Waals surface area contributed by atoms with Gasteiger partial charge in [0.15, 0.2) is 0 Å². The molecule has 1 saturated carbocycles. The second-order valence-corrected chi connectivity index (χ2v) is 6.51. The van der Waals surface area contributed by atoms with Crippen LogP contribution >= 0.6 is 11.8 Å². The predicted molar refractivity (Wildman–Crippen MR) is 84.5 cm³/mol.